The Bertz CT molecular complexity index is 1280. The molecule has 2 aromatic rings. The second-order valence-corrected chi connectivity index (χ2v) is 11.4. The van der Waals surface area contributed by atoms with Crippen LogP contribution in [0.2, 0.25) is 0 Å². The van der Waals surface area contributed by atoms with Crippen molar-refractivity contribution in [3.05, 3.63) is 45.6 Å². The second kappa shape index (κ2) is 13.1. The van der Waals surface area contributed by atoms with Crippen LogP contribution >= 0.6 is 11.3 Å². The zero-order valence-corrected chi connectivity index (χ0v) is 25.3. The molecular weight excluding hydrogens is 555 g/mol. The number of nitrogens with one attached hydrogen (secondary N) is 1. The second-order valence-electron chi connectivity index (χ2n) is 10.4. The number of anilines is 1. The Hall–Kier alpha value is -3.26. The maximum atomic E-state index is 14.4. The van der Waals surface area contributed by atoms with E-state index in [0.717, 1.165) is 16.2 Å². The molecule has 226 valence electrons. The number of amides is 3. The highest BCUT2D eigenvalue weighted by Gasteiger charge is 2.50. The zero-order valence-electron chi connectivity index (χ0n) is 24.4. The van der Waals surface area contributed by atoms with Crippen LogP contribution in [0.25, 0.3) is 0 Å². The van der Waals surface area contributed by atoms with Crippen molar-refractivity contribution in [2.24, 2.45) is 5.73 Å². The lowest BCUT2D eigenvalue weighted by molar-refractivity contribution is -0.136. The summed E-state index contributed by atoms with van der Waals surface area (Å²) in [6.07, 6.45) is -2.47. The molecule has 0 aliphatic carbocycles. The lowest BCUT2D eigenvalue weighted by Gasteiger charge is -2.46. The smallest absolute Gasteiger partial charge is 0.348 e. The SMILES string of the molecule is CCOC(=O)c1sc2c(c1C)[C@@H](O)N(C(C)(C)C(=O)NC(C)C)C(=O)N2CC(OCCN)c1cc(F)ccc1OC. The minimum absolute atomic E-state index is 0.0887. The first-order valence-electron chi connectivity index (χ1n) is 13.3. The summed E-state index contributed by atoms with van der Waals surface area (Å²) in [5, 5.41) is 14.7. The van der Waals surface area contributed by atoms with Gasteiger partial charge in [0.15, 0.2) is 6.23 Å². The largest absolute Gasteiger partial charge is 0.496 e. The highest BCUT2D eigenvalue weighted by molar-refractivity contribution is 7.18. The third kappa shape index (κ3) is 6.48. The highest BCUT2D eigenvalue weighted by Crippen LogP contribution is 2.48. The van der Waals surface area contributed by atoms with E-state index in [1.54, 1.807) is 27.7 Å². The van der Waals surface area contributed by atoms with Crippen LogP contribution in [0.5, 0.6) is 5.75 Å². The van der Waals surface area contributed by atoms with Crippen molar-refractivity contribution in [3.63, 3.8) is 0 Å². The first-order chi connectivity index (χ1) is 19.3. The predicted molar refractivity (Wildman–Crippen MR) is 153 cm³/mol. The van der Waals surface area contributed by atoms with E-state index in [1.807, 2.05) is 0 Å². The number of carbonyl (C=O) groups is 3. The Balaban J connectivity index is 2.21. The van der Waals surface area contributed by atoms with Gasteiger partial charge in [0.25, 0.3) is 0 Å². The molecule has 1 aliphatic rings. The van der Waals surface area contributed by atoms with Crippen molar-refractivity contribution in [1.29, 1.82) is 0 Å². The van der Waals surface area contributed by atoms with Crippen molar-refractivity contribution < 1.29 is 38.1 Å². The van der Waals surface area contributed by atoms with Crippen LogP contribution < -0.4 is 20.7 Å². The molecule has 0 radical (unpaired) electrons. The molecule has 1 aromatic heterocycles. The summed E-state index contributed by atoms with van der Waals surface area (Å²) >= 11 is 0.989. The maximum Gasteiger partial charge on any atom is 0.348 e. The van der Waals surface area contributed by atoms with Crippen molar-refractivity contribution >= 4 is 34.2 Å². The number of nitrogens with two attached hydrogens (primary N) is 1. The van der Waals surface area contributed by atoms with Crippen molar-refractivity contribution in [2.45, 2.75) is 65.5 Å². The van der Waals surface area contributed by atoms with Gasteiger partial charge in [-0.1, -0.05) is 0 Å². The number of nitrogens with zero attached hydrogens (tertiary/aromatic N) is 2. The number of hydrogen-bond acceptors (Lipinski definition) is 9. The van der Waals surface area contributed by atoms with Crippen LogP contribution in [-0.2, 0) is 14.3 Å². The van der Waals surface area contributed by atoms with Gasteiger partial charge in [-0.05, 0) is 65.3 Å². The number of esters is 1. The molecule has 41 heavy (non-hydrogen) atoms. The molecule has 2 atom stereocenters. The van der Waals surface area contributed by atoms with Crippen LogP contribution in [0.15, 0.2) is 18.2 Å². The zero-order chi connectivity index (χ0) is 30.6. The van der Waals surface area contributed by atoms with Crippen LogP contribution in [0.1, 0.15) is 73.3 Å². The summed E-state index contributed by atoms with van der Waals surface area (Å²) in [6.45, 7) is 10.2. The molecule has 4 N–H and O–H groups in total. The average molecular weight is 595 g/mol. The van der Waals surface area contributed by atoms with E-state index < -0.39 is 41.6 Å². The minimum atomic E-state index is -1.55. The summed E-state index contributed by atoms with van der Waals surface area (Å²) in [5.74, 6) is -1.28. The average Bonchev–Trinajstić information content (AvgIpc) is 3.25. The third-order valence-corrected chi connectivity index (χ3v) is 8.03. The molecule has 1 aliphatic heterocycles. The highest BCUT2D eigenvalue weighted by atomic mass is 32.1. The van der Waals surface area contributed by atoms with Crippen LogP contribution in [-0.4, -0.2) is 72.9 Å². The fourth-order valence-corrected chi connectivity index (χ4v) is 5.92. The Kier molecular flexibility index (Phi) is 10.3. The Morgan fingerprint density at radius 2 is 1.98 bits per heavy atom. The molecular formula is C28H39FN4O7S. The number of methoxy groups -OCH3 is 1. The van der Waals surface area contributed by atoms with Crippen molar-refractivity contribution in [1.82, 2.24) is 10.2 Å². The van der Waals surface area contributed by atoms with Gasteiger partial charge in [-0.25, -0.2) is 14.0 Å². The molecule has 3 rings (SSSR count). The molecule has 11 nitrogen and oxygen atoms in total. The fourth-order valence-electron chi connectivity index (χ4n) is 4.69. The molecule has 2 heterocycles. The minimum Gasteiger partial charge on any atom is -0.496 e. The standard InChI is InChI=1S/C28H39FN4O7S/c1-8-39-25(35)22-16(4)21-23(34)33(28(5,6)26(36)31-15(2)3)27(37)32(24(21)41-22)14-20(40-12-11-30)18-13-17(29)9-10-19(18)38-7/h9-10,13,15,20,23,34H,8,11-12,14,30H2,1-7H3,(H,31,36)/t20?,23-/m1/s1. The number of fused-ring (bicyclic) bond motifs is 1. The van der Waals surface area contributed by atoms with E-state index in [-0.39, 0.29) is 47.8 Å². The summed E-state index contributed by atoms with van der Waals surface area (Å²) in [4.78, 5) is 42.9. The number of urea groups is 1. The van der Waals surface area contributed by atoms with Gasteiger partial charge in [-0.3, -0.25) is 14.6 Å². The third-order valence-electron chi connectivity index (χ3n) is 6.72. The Morgan fingerprint density at radius 3 is 2.56 bits per heavy atom. The quantitative estimate of drug-likeness (QED) is 0.316. The molecule has 1 aromatic carbocycles. The van der Waals surface area contributed by atoms with Gasteiger partial charge in [0.2, 0.25) is 5.91 Å². The van der Waals surface area contributed by atoms with Gasteiger partial charge in [0.1, 0.15) is 33.1 Å². The Morgan fingerprint density at radius 1 is 1.29 bits per heavy atom. The first-order valence-corrected chi connectivity index (χ1v) is 14.2. The predicted octanol–water partition coefficient (Wildman–Crippen LogP) is 3.63. The number of halogens is 1. The first kappa shape index (κ1) is 32.3. The monoisotopic (exact) mass is 594 g/mol. The number of thiophene rings is 1. The van der Waals surface area contributed by atoms with Crippen LogP contribution in [0, 0.1) is 12.7 Å². The van der Waals surface area contributed by atoms with E-state index >= 15 is 0 Å². The summed E-state index contributed by atoms with van der Waals surface area (Å²) in [5.41, 5.74) is 5.23. The molecule has 3 amide bonds. The molecule has 0 fully saturated rings. The number of carbonyl (C=O) groups excluding carboxylic acids is 3. The molecule has 13 heteroatoms. The van der Waals surface area contributed by atoms with E-state index in [2.05, 4.69) is 5.32 Å². The molecule has 0 saturated carbocycles. The number of rotatable bonds is 12. The lowest BCUT2D eigenvalue weighted by atomic mass is 9.96. The number of aliphatic hydroxyl groups excluding tert-OH is 1. The molecule has 1 unspecified atom stereocenters. The Labute approximate surface area is 243 Å². The lowest BCUT2D eigenvalue weighted by Crippen LogP contribution is -2.63. The molecule has 0 saturated heterocycles. The summed E-state index contributed by atoms with van der Waals surface area (Å²) in [6, 6.07) is 3.03. The number of hydrogen-bond donors (Lipinski definition) is 3. The van der Waals surface area contributed by atoms with E-state index in [1.165, 1.54) is 44.1 Å². The van der Waals surface area contributed by atoms with Crippen LogP contribution in [0.4, 0.5) is 14.2 Å². The fraction of sp³-hybridized carbons (Fsp3) is 0.536. The number of aliphatic hydroxyl groups is 1. The van der Waals surface area contributed by atoms with Gasteiger partial charge in [0, 0.05) is 23.7 Å². The number of benzene rings is 1. The summed E-state index contributed by atoms with van der Waals surface area (Å²) < 4.78 is 31.1. The van der Waals surface area contributed by atoms with Gasteiger partial charge in [-0.15, -0.1) is 11.3 Å². The van der Waals surface area contributed by atoms with E-state index in [4.69, 9.17) is 19.9 Å². The topological polar surface area (TPSA) is 144 Å². The van der Waals surface area contributed by atoms with Crippen molar-refractivity contribution in [2.75, 3.05) is 38.3 Å². The van der Waals surface area contributed by atoms with E-state index in [9.17, 15) is 23.9 Å². The van der Waals surface area contributed by atoms with Gasteiger partial charge >= 0.3 is 12.0 Å². The molecule has 0 bridgehead atoms. The van der Waals surface area contributed by atoms with Gasteiger partial charge < -0.3 is 30.4 Å². The molecule has 0 spiro atoms. The van der Waals surface area contributed by atoms with Crippen LogP contribution in [0.3, 0.4) is 0 Å². The van der Waals surface area contributed by atoms with Crippen molar-refractivity contribution in [3.8, 4) is 5.75 Å². The maximum absolute atomic E-state index is 14.4. The van der Waals surface area contributed by atoms with Gasteiger partial charge in [-0.2, -0.15) is 0 Å². The van der Waals surface area contributed by atoms with Gasteiger partial charge in [0.05, 0.1) is 26.9 Å². The normalized spacial score (nSPS) is 16.1. The summed E-state index contributed by atoms with van der Waals surface area (Å²) in [7, 11) is 1.43. The van der Waals surface area contributed by atoms with E-state index in [0.29, 0.717) is 16.9 Å². The number of ether oxygens (including phenoxy) is 3.